The number of hydrogen-bond acceptors (Lipinski definition) is 1. The third-order valence-electron chi connectivity index (χ3n) is 3.97. The minimum Gasteiger partial charge on any atom is -0.349 e. The molecule has 100 valence electrons. The van der Waals surface area contributed by atoms with Gasteiger partial charge in [-0.1, -0.05) is 18.2 Å². The van der Waals surface area contributed by atoms with Gasteiger partial charge < -0.3 is 9.88 Å². The number of fused-ring (bicyclic) bond motifs is 1. The van der Waals surface area contributed by atoms with Gasteiger partial charge in [0.1, 0.15) is 5.82 Å². The Balaban J connectivity index is 1.87. The molecule has 1 aromatic carbocycles. The van der Waals surface area contributed by atoms with Gasteiger partial charge in [0.25, 0.3) is 0 Å². The Labute approximate surface area is 113 Å². The Kier molecular flexibility index (Phi) is 3.38. The molecule has 1 N–H and O–H groups in total. The lowest BCUT2D eigenvalue weighted by molar-refractivity contribution is 0.498. The minimum atomic E-state index is -0.126. The quantitative estimate of drug-likeness (QED) is 0.894. The van der Waals surface area contributed by atoms with Crippen LogP contribution in [0.3, 0.4) is 0 Å². The lowest BCUT2D eigenvalue weighted by Gasteiger charge is -2.21. The first kappa shape index (κ1) is 12.4. The fourth-order valence-corrected chi connectivity index (χ4v) is 2.96. The van der Waals surface area contributed by atoms with Crippen molar-refractivity contribution in [2.24, 2.45) is 0 Å². The molecule has 1 aromatic heterocycles. The van der Waals surface area contributed by atoms with Crippen molar-refractivity contribution in [1.29, 1.82) is 0 Å². The number of benzene rings is 1. The van der Waals surface area contributed by atoms with Crippen molar-refractivity contribution in [3.05, 3.63) is 59.2 Å². The third kappa shape index (κ3) is 2.43. The zero-order valence-electron chi connectivity index (χ0n) is 11.2. The zero-order chi connectivity index (χ0) is 13.2. The molecule has 1 aliphatic carbocycles. The second kappa shape index (κ2) is 5.17. The summed E-state index contributed by atoms with van der Waals surface area (Å²) in [7, 11) is 2.01. The number of rotatable bonds is 3. The standard InChI is InChI=1S/C16H19FN2/c1-18-16-8-4-6-12-9-19(11-14(12)16)10-13-5-2-3-7-15(13)17/h2-3,5,7,9,11,16,18H,4,6,8,10H2,1H3. The fraction of sp³-hybridized carbons (Fsp3) is 0.375. The maximum Gasteiger partial charge on any atom is 0.128 e. The van der Waals surface area contributed by atoms with Crippen LogP contribution in [-0.2, 0) is 13.0 Å². The molecule has 19 heavy (non-hydrogen) atoms. The lowest BCUT2D eigenvalue weighted by atomic mass is 9.91. The second-order valence-electron chi connectivity index (χ2n) is 5.24. The highest BCUT2D eigenvalue weighted by atomic mass is 19.1. The van der Waals surface area contributed by atoms with Crippen LogP contribution in [0, 0.1) is 5.82 Å². The molecular formula is C16H19FN2. The molecule has 0 saturated heterocycles. The highest BCUT2D eigenvalue weighted by molar-refractivity contribution is 5.31. The van der Waals surface area contributed by atoms with E-state index in [1.165, 1.54) is 30.0 Å². The van der Waals surface area contributed by atoms with E-state index in [9.17, 15) is 4.39 Å². The van der Waals surface area contributed by atoms with E-state index >= 15 is 0 Å². The van der Waals surface area contributed by atoms with Crippen molar-refractivity contribution < 1.29 is 4.39 Å². The van der Waals surface area contributed by atoms with Crippen molar-refractivity contribution in [1.82, 2.24) is 9.88 Å². The molecule has 1 unspecified atom stereocenters. The molecule has 1 aliphatic rings. The number of hydrogen-bond donors (Lipinski definition) is 1. The molecule has 1 heterocycles. The van der Waals surface area contributed by atoms with Crippen LogP contribution in [0.4, 0.5) is 4.39 Å². The summed E-state index contributed by atoms with van der Waals surface area (Å²) in [5, 5.41) is 3.36. The van der Waals surface area contributed by atoms with Crippen LogP contribution in [0.25, 0.3) is 0 Å². The van der Waals surface area contributed by atoms with Crippen LogP contribution in [0.2, 0.25) is 0 Å². The van der Waals surface area contributed by atoms with E-state index in [4.69, 9.17) is 0 Å². The summed E-state index contributed by atoms with van der Waals surface area (Å²) in [6, 6.07) is 7.44. The Morgan fingerprint density at radius 3 is 2.95 bits per heavy atom. The smallest absolute Gasteiger partial charge is 0.128 e. The van der Waals surface area contributed by atoms with Gasteiger partial charge in [0.15, 0.2) is 0 Å². The van der Waals surface area contributed by atoms with Crippen molar-refractivity contribution in [3.63, 3.8) is 0 Å². The maximum atomic E-state index is 13.7. The molecule has 0 fully saturated rings. The van der Waals surface area contributed by atoms with Gasteiger partial charge in [-0.2, -0.15) is 0 Å². The molecule has 0 spiro atoms. The number of aromatic nitrogens is 1. The van der Waals surface area contributed by atoms with Crippen LogP contribution >= 0.6 is 0 Å². The van der Waals surface area contributed by atoms with Gasteiger partial charge in [0, 0.05) is 30.5 Å². The van der Waals surface area contributed by atoms with Crippen molar-refractivity contribution in [3.8, 4) is 0 Å². The van der Waals surface area contributed by atoms with E-state index in [2.05, 4.69) is 22.3 Å². The Morgan fingerprint density at radius 1 is 1.32 bits per heavy atom. The summed E-state index contributed by atoms with van der Waals surface area (Å²) in [5.41, 5.74) is 3.53. The van der Waals surface area contributed by atoms with E-state index in [0.717, 1.165) is 12.0 Å². The highest BCUT2D eigenvalue weighted by Gasteiger charge is 2.20. The largest absolute Gasteiger partial charge is 0.349 e. The molecule has 1 atom stereocenters. The van der Waals surface area contributed by atoms with Gasteiger partial charge in [0.05, 0.1) is 0 Å². The molecule has 3 rings (SSSR count). The first-order valence-corrected chi connectivity index (χ1v) is 6.87. The Bertz CT molecular complexity index is 574. The van der Waals surface area contributed by atoms with E-state index in [1.807, 2.05) is 19.2 Å². The zero-order valence-corrected chi connectivity index (χ0v) is 11.2. The van der Waals surface area contributed by atoms with Gasteiger partial charge in [-0.05, 0) is 43.5 Å². The predicted molar refractivity (Wildman–Crippen MR) is 74.7 cm³/mol. The summed E-state index contributed by atoms with van der Waals surface area (Å²) < 4.78 is 15.8. The van der Waals surface area contributed by atoms with Crippen molar-refractivity contribution in [2.45, 2.75) is 31.8 Å². The van der Waals surface area contributed by atoms with Crippen molar-refractivity contribution >= 4 is 0 Å². The third-order valence-corrected chi connectivity index (χ3v) is 3.97. The second-order valence-corrected chi connectivity index (χ2v) is 5.24. The number of halogens is 1. The average Bonchev–Trinajstić information content (AvgIpc) is 2.83. The molecular weight excluding hydrogens is 239 g/mol. The summed E-state index contributed by atoms with van der Waals surface area (Å²) >= 11 is 0. The summed E-state index contributed by atoms with van der Waals surface area (Å²) in [6.45, 7) is 0.607. The highest BCUT2D eigenvalue weighted by Crippen LogP contribution is 2.30. The maximum absolute atomic E-state index is 13.7. The first-order chi connectivity index (χ1) is 9.28. The van der Waals surface area contributed by atoms with E-state index in [1.54, 1.807) is 6.07 Å². The summed E-state index contributed by atoms with van der Waals surface area (Å²) in [5.74, 6) is -0.126. The Hall–Kier alpha value is -1.61. The van der Waals surface area contributed by atoms with Gasteiger partial charge in [-0.15, -0.1) is 0 Å². The van der Waals surface area contributed by atoms with E-state index < -0.39 is 0 Å². The monoisotopic (exact) mass is 258 g/mol. The molecule has 3 heteroatoms. The average molecular weight is 258 g/mol. The minimum absolute atomic E-state index is 0.126. The predicted octanol–water partition coefficient (Wildman–Crippen LogP) is 3.27. The van der Waals surface area contributed by atoms with E-state index in [0.29, 0.717) is 12.6 Å². The van der Waals surface area contributed by atoms with Gasteiger partial charge in [-0.25, -0.2) is 4.39 Å². The summed E-state index contributed by atoms with van der Waals surface area (Å²) in [4.78, 5) is 0. The molecule has 2 aromatic rings. The normalized spacial score (nSPS) is 18.3. The molecule has 0 bridgehead atoms. The molecule has 0 aliphatic heterocycles. The first-order valence-electron chi connectivity index (χ1n) is 6.87. The van der Waals surface area contributed by atoms with Gasteiger partial charge in [0.2, 0.25) is 0 Å². The molecule has 0 amide bonds. The molecule has 2 nitrogen and oxygen atoms in total. The number of aryl methyl sites for hydroxylation is 1. The lowest BCUT2D eigenvalue weighted by Crippen LogP contribution is -2.20. The molecule has 0 saturated carbocycles. The summed E-state index contributed by atoms with van der Waals surface area (Å²) in [6.07, 6.45) is 7.89. The Morgan fingerprint density at radius 2 is 2.16 bits per heavy atom. The van der Waals surface area contributed by atoms with Gasteiger partial charge in [-0.3, -0.25) is 0 Å². The van der Waals surface area contributed by atoms with Crippen LogP contribution in [-0.4, -0.2) is 11.6 Å². The van der Waals surface area contributed by atoms with Crippen LogP contribution in [0.15, 0.2) is 36.7 Å². The van der Waals surface area contributed by atoms with Gasteiger partial charge >= 0.3 is 0 Å². The van der Waals surface area contributed by atoms with Crippen molar-refractivity contribution in [2.75, 3.05) is 7.05 Å². The topological polar surface area (TPSA) is 17.0 Å². The van der Waals surface area contributed by atoms with Crippen LogP contribution in [0.1, 0.15) is 35.6 Å². The van der Waals surface area contributed by atoms with Crippen LogP contribution < -0.4 is 5.32 Å². The number of nitrogens with zero attached hydrogens (tertiary/aromatic N) is 1. The fourth-order valence-electron chi connectivity index (χ4n) is 2.96. The SMILES string of the molecule is CNC1CCCc2cn(Cc3ccccc3F)cc21. The molecule has 0 radical (unpaired) electrons. The van der Waals surface area contributed by atoms with E-state index in [-0.39, 0.29) is 5.82 Å². The number of nitrogens with one attached hydrogen (secondary N) is 1. The van der Waals surface area contributed by atoms with Crippen LogP contribution in [0.5, 0.6) is 0 Å².